The number of hydrogen-bond acceptors (Lipinski definition) is 10. The van der Waals surface area contributed by atoms with E-state index in [0.717, 1.165) is 48.9 Å². The van der Waals surface area contributed by atoms with E-state index in [0.29, 0.717) is 29.4 Å². The fraction of sp³-hybridized carbons (Fsp3) is 0.455. The lowest BCUT2D eigenvalue weighted by molar-refractivity contribution is 0.0756. The number of methoxy groups -OCH3 is 3. The highest BCUT2D eigenvalue weighted by atomic mass is 28.5. The number of ether oxygens (including phenoxy) is 6. The van der Waals surface area contributed by atoms with Crippen molar-refractivity contribution in [2.45, 2.75) is 109 Å². The van der Waals surface area contributed by atoms with E-state index in [1.54, 1.807) is 26.4 Å². The van der Waals surface area contributed by atoms with E-state index in [-0.39, 0.29) is 5.41 Å². The Balaban J connectivity index is 1.21. The van der Waals surface area contributed by atoms with Crippen LogP contribution in [0.1, 0.15) is 49.8 Å². The maximum Gasteiger partial charge on any atom is 0.514 e. The first-order valence-corrected chi connectivity index (χ1v) is 28.7. The summed E-state index contributed by atoms with van der Waals surface area (Å²) < 4.78 is 45.8. The van der Waals surface area contributed by atoms with Crippen LogP contribution in [0.2, 0.25) is 51.4 Å². The van der Waals surface area contributed by atoms with Crippen LogP contribution in [0.25, 0.3) is 0 Å². The molecule has 1 unspecified atom stereocenters. The first kappa shape index (κ1) is 45.6. The monoisotopic (exact) mass is 834 g/mol. The number of carbonyl (C=O) groups excluding carboxylic acids is 2. The third-order valence-corrected chi connectivity index (χ3v) is 21.5. The zero-order valence-electron chi connectivity index (χ0n) is 35.7. The van der Waals surface area contributed by atoms with E-state index in [1.165, 1.54) is 18.2 Å². The van der Waals surface area contributed by atoms with Crippen LogP contribution in [0.5, 0.6) is 23.0 Å². The molecular weight excluding hydrogens is 773 g/mol. The van der Waals surface area contributed by atoms with E-state index in [9.17, 15) is 9.59 Å². The summed E-state index contributed by atoms with van der Waals surface area (Å²) in [5.41, 5.74) is 4.45. The second kappa shape index (κ2) is 20.0. The lowest BCUT2D eigenvalue weighted by Gasteiger charge is -2.39. The van der Waals surface area contributed by atoms with Gasteiger partial charge in [-0.05, 0) is 130 Å². The maximum atomic E-state index is 12.8. The molecule has 0 heterocycles. The van der Waals surface area contributed by atoms with Crippen molar-refractivity contribution in [1.82, 2.24) is 0 Å². The summed E-state index contributed by atoms with van der Waals surface area (Å²) in [5.74, 6) is 1.63. The molecule has 10 nitrogen and oxygen atoms in total. The number of allylic oxidation sites excluding steroid dienone is 2. The molecule has 0 bridgehead atoms. The molecule has 0 aromatic heterocycles. The van der Waals surface area contributed by atoms with Crippen LogP contribution in [0.3, 0.4) is 0 Å². The van der Waals surface area contributed by atoms with Gasteiger partial charge in [0, 0.05) is 11.8 Å². The lowest BCUT2D eigenvalue weighted by atomic mass is 9.76. The summed E-state index contributed by atoms with van der Waals surface area (Å²) in [7, 11) is -2.07. The third kappa shape index (κ3) is 14.0. The summed E-state index contributed by atoms with van der Waals surface area (Å²) in [5, 5.41) is 0. The molecule has 3 aromatic carbocycles. The second-order valence-electron chi connectivity index (χ2n) is 16.6. The van der Waals surface area contributed by atoms with Gasteiger partial charge in [0.15, 0.2) is 39.6 Å². The Labute approximate surface area is 343 Å². The Hall–Kier alpha value is -4.15. The fourth-order valence-corrected chi connectivity index (χ4v) is 21.4. The van der Waals surface area contributed by atoms with Crippen molar-refractivity contribution in [2.75, 3.05) is 21.3 Å². The summed E-state index contributed by atoms with van der Waals surface area (Å²) >= 11 is 0. The molecule has 1 aliphatic carbocycles. The van der Waals surface area contributed by atoms with Gasteiger partial charge < -0.3 is 36.7 Å². The van der Waals surface area contributed by atoms with Gasteiger partial charge in [0.05, 0.1) is 21.3 Å². The molecule has 3 aromatic rings. The highest BCUT2D eigenvalue weighted by Crippen LogP contribution is 2.36. The Kier molecular flexibility index (Phi) is 16.0. The standard InChI is InChI=1S/C44H62O10Si3/c1-44(2,35-19-13-12-14-20-35)36-23-25-37(26-24-36)50-43(46)52-39-28-22-34(32-41(39)48-4)18-16-30-56(8,9)54-57(10,11)53-55(6,7)29-15-17-33-21-27-38(40(31-33)47-3)51-42(45)49-5/h12-14,19-25,27-28,31-32,37H,15-18,26,29-30H2,1-11H3. The van der Waals surface area contributed by atoms with Crippen LogP contribution >= 0.6 is 0 Å². The van der Waals surface area contributed by atoms with Crippen molar-refractivity contribution in [2.24, 2.45) is 0 Å². The van der Waals surface area contributed by atoms with Gasteiger partial charge in [0.2, 0.25) is 0 Å². The summed E-state index contributed by atoms with van der Waals surface area (Å²) in [6.45, 7) is 17.8. The second-order valence-corrected chi connectivity index (χ2v) is 29.1. The van der Waals surface area contributed by atoms with Gasteiger partial charge in [0.1, 0.15) is 6.10 Å². The predicted molar refractivity (Wildman–Crippen MR) is 232 cm³/mol. The molecule has 0 spiro atoms. The van der Waals surface area contributed by atoms with Gasteiger partial charge in [-0.2, -0.15) is 0 Å². The van der Waals surface area contributed by atoms with Crippen molar-refractivity contribution in [3.63, 3.8) is 0 Å². The van der Waals surface area contributed by atoms with Crippen LogP contribution < -0.4 is 18.9 Å². The molecule has 0 radical (unpaired) electrons. The van der Waals surface area contributed by atoms with E-state index in [2.05, 4.69) is 76.1 Å². The van der Waals surface area contributed by atoms with E-state index in [1.807, 2.05) is 54.6 Å². The molecule has 0 aliphatic heterocycles. The van der Waals surface area contributed by atoms with Crippen molar-refractivity contribution < 1.29 is 46.2 Å². The largest absolute Gasteiger partial charge is 0.514 e. The average molecular weight is 835 g/mol. The zero-order chi connectivity index (χ0) is 41.9. The van der Waals surface area contributed by atoms with E-state index in [4.69, 9.17) is 31.9 Å². The van der Waals surface area contributed by atoms with E-state index >= 15 is 0 Å². The van der Waals surface area contributed by atoms with Crippen molar-refractivity contribution in [3.8, 4) is 23.0 Å². The maximum absolute atomic E-state index is 12.8. The first-order valence-electron chi connectivity index (χ1n) is 19.7. The minimum Gasteiger partial charge on any atom is -0.493 e. The fourth-order valence-electron chi connectivity index (χ4n) is 7.34. The van der Waals surface area contributed by atoms with Gasteiger partial charge in [-0.25, -0.2) is 9.59 Å². The quantitative estimate of drug-likeness (QED) is 0.0658. The number of aryl methyl sites for hydroxylation is 2. The minimum atomic E-state index is -2.40. The highest BCUT2D eigenvalue weighted by Gasteiger charge is 2.39. The minimum absolute atomic E-state index is 0.158. The van der Waals surface area contributed by atoms with Crippen LogP contribution in [-0.2, 0) is 36.0 Å². The molecule has 1 aliphatic rings. The molecular formula is C44H62O10Si3. The predicted octanol–water partition coefficient (Wildman–Crippen LogP) is 11.3. The summed E-state index contributed by atoms with van der Waals surface area (Å²) in [6.07, 6.45) is 8.31. The number of rotatable bonds is 19. The zero-order valence-corrected chi connectivity index (χ0v) is 38.7. The molecule has 0 saturated heterocycles. The Morgan fingerprint density at radius 3 is 1.65 bits per heavy atom. The van der Waals surface area contributed by atoms with Crippen LogP contribution in [0.4, 0.5) is 9.59 Å². The van der Waals surface area contributed by atoms with Crippen LogP contribution in [0.15, 0.2) is 90.5 Å². The SMILES string of the molecule is COC(=O)Oc1ccc(CCC[Si](C)(C)O[Si](C)(C)O[Si](C)(C)CCCc2ccc(OC(=O)OC3C=CC(C(C)(C)c4ccccc4)=CC3)c(OC)c2)cc1OC. The van der Waals surface area contributed by atoms with Gasteiger partial charge in [-0.3, -0.25) is 0 Å². The molecule has 1 atom stereocenters. The molecule has 0 saturated carbocycles. The Morgan fingerprint density at radius 2 is 1.19 bits per heavy atom. The summed E-state index contributed by atoms with van der Waals surface area (Å²) in [4.78, 5) is 24.3. The Morgan fingerprint density at radius 1 is 0.684 bits per heavy atom. The van der Waals surface area contributed by atoms with Crippen molar-refractivity contribution in [1.29, 1.82) is 0 Å². The Bertz CT molecular complexity index is 1870. The molecule has 4 rings (SSSR count). The third-order valence-electron chi connectivity index (χ3n) is 10.1. The number of benzene rings is 3. The van der Waals surface area contributed by atoms with E-state index < -0.39 is 43.6 Å². The van der Waals surface area contributed by atoms with Crippen molar-refractivity contribution >= 4 is 37.5 Å². The molecule has 0 N–H and O–H groups in total. The number of hydrogen-bond donors (Lipinski definition) is 0. The van der Waals surface area contributed by atoms with Gasteiger partial charge >= 0.3 is 20.9 Å². The molecule has 0 amide bonds. The van der Waals surface area contributed by atoms with Gasteiger partial charge in [0.25, 0.3) is 0 Å². The topological polar surface area (TPSA) is 108 Å². The van der Waals surface area contributed by atoms with Gasteiger partial charge in [-0.15, -0.1) is 0 Å². The smallest absolute Gasteiger partial charge is 0.493 e. The molecule has 57 heavy (non-hydrogen) atoms. The van der Waals surface area contributed by atoms with Crippen LogP contribution in [-0.4, -0.2) is 64.9 Å². The number of carbonyl (C=O) groups is 2. The molecule has 13 heteroatoms. The van der Waals surface area contributed by atoms with Crippen LogP contribution in [0, 0.1) is 0 Å². The van der Waals surface area contributed by atoms with Gasteiger partial charge in [-0.1, -0.05) is 68.5 Å². The molecule has 310 valence electrons. The highest BCUT2D eigenvalue weighted by molar-refractivity contribution is 6.87. The van der Waals surface area contributed by atoms with Crippen molar-refractivity contribution in [3.05, 3.63) is 107 Å². The average Bonchev–Trinajstić information content (AvgIpc) is 3.15. The molecule has 0 fully saturated rings. The lowest BCUT2D eigenvalue weighted by Crippen LogP contribution is -2.52. The normalized spacial score (nSPS) is 14.7. The first-order chi connectivity index (χ1) is 26.8. The summed E-state index contributed by atoms with van der Waals surface area (Å²) in [6, 6.07) is 23.6.